The van der Waals surface area contributed by atoms with E-state index < -0.39 is 0 Å². The van der Waals surface area contributed by atoms with Crippen molar-refractivity contribution < 1.29 is 9.53 Å². The molecule has 1 heterocycles. The van der Waals surface area contributed by atoms with Gasteiger partial charge in [0.2, 0.25) is 0 Å². The highest BCUT2D eigenvalue weighted by atomic mass is 79.9. The summed E-state index contributed by atoms with van der Waals surface area (Å²) in [4.78, 5) is 15.1. The Morgan fingerprint density at radius 3 is 3.00 bits per heavy atom. The molecule has 0 unspecified atom stereocenters. The minimum atomic E-state index is -0.206. The molecule has 0 radical (unpaired) electrons. The number of esters is 1. The van der Waals surface area contributed by atoms with Crippen LogP contribution in [0.25, 0.3) is 0 Å². The molecular formula is C9H10BrNO2S. The average molecular weight is 276 g/mol. The number of ether oxygens (including phenoxy) is 1. The van der Waals surface area contributed by atoms with Gasteiger partial charge in [-0.15, -0.1) is 0 Å². The van der Waals surface area contributed by atoms with Crippen LogP contribution in [0.3, 0.4) is 0 Å². The standard InChI is InChI=1S/C9H10BrNO2S/c1-2-13-9(12)6-14-8-4-3-7(10)5-11-8/h3-5H,2,6H2,1H3. The second-order valence-electron chi connectivity index (χ2n) is 2.41. The van der Waals surface area contributed by atoms with Crippen LogP contribution in [0.5, 0.6) is 0 Å². The first-order chi connectivity index (χ1) is 6.72. The lowest BCUT2D eigenvalue weighted by molar-refractivity contribution is -0.139. The first-order valence-electron chi connectivity index (χ1n) is 4.12. The predicted molar refractivity (Wildman–Crippen MR) is 59.3 cm³/mol. The van der Waals surface area contributed by atoms with Crippen LogP contribution < -0.4 is 0 Å². The quantitative estimate of drug-likeness (QED) is 0.625. The molecule has 0 aliphatic rings. The van der Waals surface area contributed by atoms with Crippen molar-refractivity contribution in [3.8, 4) is 0 Å². The molecule has 0 fully saturated rings. The van der Waals surface area contributed by atoms with Crippen LogP contribution in [0, 0.1) is 0 Å². The van der Waals surface area contributed by atoms with E-state index in [-0.39, 0.29) is 5.97 Å². The normalized spacial score (nSPS) is 9.86. The highest BCUT2D eigenvalue weighted by Gasteiger charge is 2.03. The molecule has 0 N–H and O–H groups in total. The summed E-state index contributed by atoms with van der Waals surface area (Å²) in [6.07, 6.45) is 1.70. The molecule has 76 valence electrons. The number of thioether (sulfide) groups is 1. The zero-order valence-electron chi connectivity index (χ0n) is 7.70. The molecule has 0 atom stereocenters. The van der Waals surface area contributed by atoms with Crippen molar-refractivity contribution in [3.05, 3.63) is 22.8 Å². The summed E-state index contributed by atoms with van der Waals surface area (Å²) >= 11 is 4.66. The molecule has 1 aromatic rings. The maximum Gasteiger partial charge on any atom is 0.316 e. The fraction of sp³-hybridized carbons (Fsp3) is 0.333. The van der Waals surface area contributed by atoms with E-state index >= 15 is 0 Å². The van der Waals surface area contributed by atoms with Crippen LogP contribution in [0.15, 0.2) is 27.8 Å². The lowest BCUT2D eigenvalue weighted by Gasteiger charge is -2.00. The van der Waals surface area contributed by atoms with Gasteiger partial charge >= 0.3 is 5.97 Å². The van der Waals surface area contributed by atoms with Gasteiger partial charge in [0.05, 0.1) is 17.4 Å². The SMILES string of the molecule is CCOC(=O)CSc1ccc(Br)cn1. The van der Waals surface area contributed by atoms with E-state index in [2.05, 4.69) is 20.9 Å². The summed E-state index contributed by atoms with van der Waals surface area (Å²) in [5, 5.41) is 0.821. The van der Waals surface area contributed by atoms with Crippen molar-refractivity contribution in [2.75, 3.05) is 12.4 Å². The lowest BCUT2D eigenvalue weighted by atomic mass is 10.5. The number of nitrogens with zero attached hydrogens (tertiary/aromatic N) is 1. The number of rotatable bonds is 4. The van der Waals surface area contributed by atoms with Crippen LogP contribution in [0.2, 0.25) is 0 Å². The molecule has 0 saturated heterocycles. The summed E-state index contributed by atoms with van der Waals surface area (Å²) in [5.41, 5.74) is 0. The van der Waals surface area contributed by atoms with Gasteiger partial charge in [0.25, 0.3) is 0 Å². The number of hydrogen-bond donors (Lipinski definition) is 0. The predicted octanol–water partition coefficient (Wildman–Crippen LogP) is 2.50. The highest BCUT2D eigenvalue weighted by Crippen LogP contribution is 2.17. The van der Waals surface area contributed by atoms with Gasteiger partial charge in [0.15, 0.2) is 0 Å². The van der Waals surface area contributed by atoms with E-state index in [1.54, 1.807) is 13.1 Å². The van der Waals surface area contributed by atoms with E-state index in [9.17, 15) is 4.79 Å². The Hall–Kier alpha value is -0.550. The minimum Gasteiger partial charge on any atom is -0.465 e. The second kappa shape index (κ2) is 6.03. The van der Waals surface area contributed by atoms with Crippen molar-refractivity contribution in [1.82, 2.24) is 4.98 Å². The van der Waals surface area contributed by atoms with Gasteiger partial charge in [-0.25, -0.2) is 4.98 Å². The lowest BCUT2D eigenvalue weighted by Crippen LogP contribution is -2.06. The smallest absolute Gasteiger partial charge is 0.316 e. The first-order valence-corrected chi connectivity index (χ1v) is 5.90. The van der Waals surface area contributed by atoms with Crippen molar-refractivity contribution in [2.24, 2.45) is 0 Å². The van der Waals surface area contributed by atoms with Crippen molar-refractivity contribution in [1.29, 1.82) is 0 Å². The van der Waals surface area contributed by atoms with Gasteiger partial charge in [-0.3, -0.25) is 4.79 Å². The van der Waals surface area contributed by atoms with Gasteiger partial charge in [0, 0.05) is 10.7 Å². The molecule has 0 amide bonds. The number of carbonyl (C=O) groups excluding carboxylic acids is 1. The summed E-state index contributed by atoms with van der Waals surface area (Å²) in [7, 11) is 0. The maximum atomic E-state index is 11.0. The van der Waals surface area contributed by atoms with Crippen molar-refractivity contribution >= 4 is 33.7 Å². The Morgan fingerprint density at radius 2 is 2.43 bits per heavy atom. The van der Waals surface area contributed by atoms with Crippen molar-refractivity contribution in [3.63, 3.8) is 0 Å². The number of carbonyl (C=O) groups is 1. The number of halogens is 1. The average Bonchev–Trinajstić information content (AvgIpc) is 2.17. The molecule has 0 aliphatic carbocycles. The Balaban J connectivity index is 2.38. The fourth-order valence-corrected chi connectivity index (χ4v) is 1.66. The third-order valence-corrected chi connectivity index (χ3v) is 2.73. The Bertz CT molecular complexity index is 302. The number of aromatic nitrogens is 1. The maximum absolute atomic E-state index is 11.0. The first kappa shape index (κ1) is 11.5. The third kappa shape index (κ3) is 4.11. The van der Waals surface area contributed by atoms with E-state index in [1.165, 1.54) is 11.8 Å². The molecule has 0 aromatic carbocycles. The van der Waals surface area contributed by atoms with Crippen LogP contribution in [-0.4, -0.2) is 23.3 Å². The number of pyridine rings is 1. The Labute approximate surface area is 95.4 Å². The topological polar surface area (TPSA) is 39.2 Å². The van der Waals surface area contributed by atoms with Crippen LogP contribution in [0.4, 0.5) is 0 Å². The molecule has 0 aliphatic heterocycles. The summed E-state index contributed by atoms with van der Waals surface area (Å²) in [6, 6.07) is 3.74. The molecule has 1 aromatic heterocycles. The van der Waals surface area contributed by atoms with E-state index in [0.29, 0.717) is 12.4 Å². The van der Waals surface area contributed by atoms with Crippen LogP contribution >= 0.6 is 27.7 Å². The monoisotopic (exact) mass is 275 g/mol. The third-order valence-electron chi connectivity index (χ3n) is 1.34. The van der Waals surface area contributed by atoms with Gasteiger partial charge in [0.1, 0.15) is 0 Å². The molecular weight excluding hydrogens is 266 g/mol. The summed E-state index contributed by atoms with van der Waals surface area (Å²) in [6.45, 7) is 2.22. The second-order valence-corrected chi connectivity index (χ2v) is 4.32. The number of hydrogen-bond acceptors (Lipinski definition) is 4. The fourth-order valence-electron chi connectivity index (χ4n) is 0.783. The Morgan fingerprint density at radius 1 is 1.64 bits per heavy atom. The zero-order valence-corrected chi connectivity index (χ0v) is 10.1. The van der Waals surface area contributed by atoms with Crippen LogP contribution in [0.1, 0.15) is 6.92 Å². The molecule has 0 saturated carbocycles. The molecule has 5 heteroatoms. The van der Waals surface area contributed by atoms with Gasteiger partial charge in [-0.05, 0) is 35.0 Å². The highest BCUT2D eigenvalue weighted by molar-refractivity contribution is 9.10. The van der Waals surface area contributed by atoms with E-state index in [1.807, 2.05) is 12.1 Å². The molecule has 14 heavy (non-hydrogen) atoms. The molecule has 3 nitrogen and oxygen atoms in total. The molecule has 1 rings (SSSR count). The van der Waals surface area contributed by atoms with Crippen molar-refractivity contribution in [2.45, 2.75) is 11.9 Å². The summed E-state index contributed by atoms with van der Waals surface area (Å²) in [5.74, 6) is 0.102. The molecule has 0 bridgehead atoms. The van der Waals surface area contributed by atoms with Gasteiger partial charge in [-0.2, -0.15) is 0 Å². The van der Waals surface area contributed by atoms with Crippen LogP contribution in [-0.2, 0) is 9.53 Å². The summed E-state index contributed by atoms with van der Waals surface area (Å²) < 4.78 is 5.72. The minimum absolute atomic E-state index is 0.206. The molecule has 0 spiro atoms. The Kier molecular flexibility index (Phi) is 4.97. The van der Waals surface area contributed by atoms with Gasteiger partial charge in [-0.1, -0.05) is 11.8 Å². The largest absolute Gasteiger partial charge is 0.465 e. The van der Waals surface area contributed by atoms with Gasteiger partial charge < -0.3 is 4.74 Å². The van der Waals surface area contributed by atoms with E-state index in [0.717, 1.165) is 9.50 Å². The van der Waals surface area contributed by atoms with E-state index in [4.69, 9.17) is 4.74 Å². The zero-order chi connectivity index (χ0) is 10.4.